The highest BCUT2D eigenvalue weighted by Crippen LogP contribution is 2.25. The van der Waals surface area contributed by atoms with Gasteiger partial charge in [0.15, 0.2) is 0 Å². The van der Waals surface area contributed by atoms with Crippen LogP contribution in [0.1, 0.15) is 41.7 Å². The predicted molar refractivity (Wildman–Crippen MR) is 100 cm³/mol. The van der Waals surface area contributed by atoms with Gasteiger partial charge in [0, 0.05) is 45.1 Å². The van der Waals surface area contributed by atoms with Gasteiger partial charge in [-0.15, -0.1) is 0 Å². The Morgan fingerprint density at radius 3 is 2.73 bits per heavy atom. The first-order chi connectivity index (χ1) is 12.5. The molecule has 0 saturated carbocycles. The molecule has 4 heterocycles. The number of fused-ring (bicyclic) bond motifs is 1. The number of amides is 2. The highest BCUT2D eigenvalue weighted by Gasteiger charge is 2.36. The lowest BCUT2D eigenvalue weighted by molar-refractivity contribution is -0.134. The second kappa shape index (κ2) is 7.06. The van der Waals surface area contributed by atoms with Gasteiger partial charge >= 0.3 is 0 Å². The van der Waals surface area contributed by atoms with Crippen LogP contribution in [0.3, 0.4) is 0 Å². The summed E-state index contributed by atoms with van der Waals surface area (Å²) in [7, 11) is 3.97. The summed E-state index contributed by atoms with van der Waals surface area (Å²) in [6, 6.07) is 2.11. The van der Waals surface area contributed by atoms with Crippen molar-refractivity contribution >= 4 is 11.8 Å². The Morgan fingerprint density at radius 1 is 1.12 bits per heavy atom. The molecule has 1 aromatic heterocycles. The predicted octanol–water partition coefficient (Wildman–Crippen LogP) is 1.45. The molecule has 4 rings (SSSR count). The molecular weight excluding hydrogens is 328 g/mol. The van der Waals surface area contributed by atoms with Crippen LogP contribution in [-0.4, -0.2) is 77.4 Å². The fourth-order valence-electron chi connectivity index (χ4n) is 4.77. The van der Waals surface area contributed by atoms with Crippen molar-refractivity contribution < 1.29 is 9.59 Å². The number of hydrogen-bond donors (Lipinski definition) is 0. The molecular formula is C20H30N4O2. The van der Waals surface area contributed by atoms with Crippen molar-refractivity contribution in [2.45, 2.75) is 44.7 Å². The molecule has 1 aromatic rings. The van der Waals surface area contributed by atoms with E-state index in [2.05, 4.69) is 22.7 Å². The van der Waals surface area contributed by atoms with Gasteiger partial charge in [-0.25, -0.2) is 0 Å². The topological polar surface area (TPSA) is 48.8 Å². The first kappa shape index (κ1) is 17.6. The lowest BCUT2D eigenvalue weighted by atomic mass is 10.1. The third-order valence-electron chi connectivity index (χ3n) is 6.46. The Balaban J connectivity index is 1.40. The molecule has 2 atom stereocenters. The summed E-state index contributed by atoms with van der Waals surface area (Å²) in [5, 5.41) is 0. The van der Waals surface area contributed by atoms with E-state index < -0.39 is 0 Å². The number of aromatic nitrogens is 1. The molecule has 3 aliphatic heterocycles. The molecule has 0 N–H and O–H groups in total. The molecule has 6 nitrogen and oxygen atoms in total. The summed E-state index contributed by atoms with van der Waals surface area (Å²) in [6.07, 6.45) is 7.24. The Labute approximate surface area is 155 Å². The number of likely N-dealkylation sites (N-methyl/N-ethyl adjacent to an activating group) is 1. The fraction of sp³-hybridized carbons (Fsp3) is 0.700. The van der Waals surface area contributed by atoms with Gasteiger partial charge in [-0.05, 0) is 51.8 Å². The standard InChI is InChI=1S/C20H30N4O2/c1-21-10-6-15(13-21)19(25)24-11-7-16(14-24)22(2)20(26)17-8-12-23-9-4-3-5-18(17)23/h8,12,15-16H,3-7,9-11,13-14H2,1-2H3/t15-,16?/m0/s1. The molecule has 0 radical (unpaired) electrons. The van der Waals surface area contributed by atoms with E-state index in [1.165, 1.54) is 12.1 Å². The monoisotopic (exact) mass is 358 g/mol. The van der Waals surface area contributed by atoms with Gasteiger partial charge in [0.2, 0.25) is 5.91 Å². The van der Waals surface area contributed by atoms with Crippen LogP contribution in [0.2, 0.25) is 0 Å². The van der Waals surface area contributed by atoms with Gasteiger partial charge in [0.05, 0.1) is 17.5 Å². The minimum absolute atomic E-state index is 0.112. The largest absolute Gasteiger partial charge is 0.351 e. The number of nitrogens with zero attached hydrogens (tertiary/aromatic N) is 4. The van der Waals surface area contributed by atoms with Crippen molar-refractivity contribution in [3.05, 3.63) is 23.5 Å². The lowest BCUT2D eigenvalue weighted by Crippen LogP contribution is -2.41. The third-order valence-corrected chi connectivity index (χ3v) is 6.46. The number of carbonyl (C=O) groups is 2. The van der Waals surface area contributed by atoms with Crippen LogP contribution in [0.5, 0.6) is 0 Å². The molecule has 26 heavy (non-hydrogen) atoms. The average Bonchev–Trinajstić information content (AvgIpc) is 3.39. The van der Waals surface area contributed by atoms with Crippen molar-refractivity contribution in [3.63, 3.8) is 0 Å². The SMILES string of the molecule is CN1CC[C@H](C(=O)N2CCC(N(C)C(=O)c3ccn4c3CCCC4)C2)C1. The number of rotatable bonds is 3. The van der Waals surface area contributed by atoms with Gasteiger partial charge < -0.3 is 19.3 Å². The summed E-state index contributed by atoms with van der Waals surface area (Å²) >= 11 is 0. The molecule has 0 aromatic carbocycles. The normalized spacial score (nSPS) is 26.2. The zero-order valence-corrected chi connectivity index (χ0v) is 16.0. The zero-order valence-electron chi connectivity index (χ0n) is 16.0. The molecule has 6 heteroatoms. The highest BCUT2D eigenvalue weighted by molar-refractivity contribution is 5.95. The summed E-state index contributed by atoms with van der Waals surface area (Å²) in [4.78, 5) is 31.9. The van der Waals surface area contributed by atoms with Crippen LogP contribution in [-0.2, 0) is 17.8 Å². The quantitative estimate of drug-likeness (QED) is 0.822. The first-order valence-electron chi connectivity index (χ1n) is 9.97. The number of carbonyl (C=O) groups excluding carboxylic acids is 2. The van der Waals surface area contributed by atoms with Crippen LogP contribution in [0.4, 0.5) is 0 Å². The Bertz CT molecular complexity index is 698. The minimum atomic E-state index is 0.112. The fourth-order valence-corrected chi connectivity index (χ4v) is 4.77. The van der Waals surface area contributed by atoms with Crippen LogP contribution < -0.4 is 0 Å². The first-order valence-corrected chi connectivity index (χ1v) is 9.97. The van der Waals surface area contributed by atoms with E-state index in [1.807, 2.05) is 22.9 Å². The Morgan fingerprint density at radius 2 is 1.96 bits per heavy atom. The summed E-state index contributed by atoms with van der Waals surface area (Å²) in [6.45, 7) is 4.35. The summed E-state index contributed by atoms with van der Waals surface area (Å²) < 4.78 is 2.23. The maximum absolute atomic E-state index is 13.0. The molecule has 0 bridgehead atoms. The second-order valence-corrected chi connectivity index (χ2v) is 8.22. The van der Waals surface area contributed by atoms with Crippen LogP contribution >= 0.6 is 0 Å². The third kappa shape index (κ3) is 3.15. The molecule has 1 unspecified atom stereocenters. The smallest absolute Gasteiger partial charge is 0.255 e. The molecule has 0 spiro atoms. The Hall–Kier alpha value is -1.82. The minimum Gasteiger partial charge on any atom is -0.351 e. The van der Waals surface area contributed by atoms with Gasteiger partial charge in [0.25, 0.3) is 5.91 Å². The van der Waals surface area contributed by atoms with Crippen molar-refractivity contribution in [2.24, 2.45) is 5.92 Å². The van der Waals surface area contributed by atoms with Gasteiger partial charge in [0.1, 0.15) is 0 Å². The van der Waals surface area contributed by atoms with Crippen LogP contribution in [0.25, 0.3) is 0 Å². The zero-order chi connectivity index (χ0) is 18.3. The maximum atomic E-state index is 13.0. The van der Waals surface area contributed by atoms with Gasteiger partial charge in [-0.2, -0.15) is 0 Å². The highest BCUT2D eigenvalue weighted by atomic mass is 16.2. The van der Waals surface area contributed by atoms with E-state index in [4.69, 9.17) is 0 Å². The molecule has 0 aliphatic carbocycles. The van der Waals surface area contributed by atoms with Crippen LogP contribution in [0.15, 0.2) is 12.3 Å². The number of hydrogen-bond acceptors (Lipinski definition) is 3. The summed E-state index contributed by atoms with van der Waals surface area (Å²) in [5.41, 5.74) is 2.04. The Kier molecular flexibility index (Phi) is 4.78. The molecule has 2 saturated heterocycles. The van der Waals surface area contributed by atoms with E-state index in [9.17, 15) is 9.59 Å². The van der Waals surface area contributed by atoms with E-state index >= 15 is 0 Å². The van der Waals surface area contributed by atoms with E-state index in [0.717, 1.165) is 57.4 Å². The van der Waals surface area contributed by atoms with E-state index in [0.29, 0.717) is 6.54 Å². The van der Waals surface area contributed by atoms with Crippen LogP contribution in [0, 0.1) is 5.92 Å². The molecule has 3 aliphatic rings. The summed E-state index contributed by atoms with van der Waals surface area (Å²) in [5.74, 6) is 0.526. The molecule has 142 valence electrons. The maximum Gasteiger partial charge on any atom is 0.255 e. The second-order valence-electron chi connectivity index (χ2n) is 8.22. The lowest BCUT2D eigenvalue weighted by Gasteiger charge is -2.26. The van der Waals surface area contributed by atoms with Crippen molar-refractivity contribution in [2.75, 3.05) is 40.3 Å². The van der Waals surface area contributed by atoms with E-state index in [-0.39, 0.29) is 23.8 Å². The van der Waals surface area contributed by atoms with E-state index in [1.54, 1.807) is 0 Å². The van der Waals surface area contributed by atoms with Crippen molar-refractivity contribution in [3.8, 4) is 0 Å². The molecule has 2 fully saturated rings. The van der Waals surface area contributed by atoms with Gasteiger partial charge in [-0.3, -0.25) is 9.59 Å². The van der Waals surface area contributed by atoms with Gasteiger partial charge in [-0.1, -0.05) is 0 Å². The average molecular weight is 358 g/mol. The number of aryl methyl sites for hydroxylation is 1. The molecule has 2 amide bonds. The van der Waals surface area contributed by atoms with Crippen molar-refractivity contribution in [1.29, 1.82) is 0 Å². The van der Waals surface area contributed by atoms with Crippen molar-refractivity contribution in [1.82, 2.24) is 19.3 Å². The number of likely N-dealkylation sites (tertiary alicyclic amines) is 2.